The highest BCUT2D eigenvalue weighted by Crippen LogP contribution is 2.39. The molecule has 0 N–H and O–H groups in total. The van der Waals surface area contributed by atoms with Crippen molar-refractivity contribution in [1.29, 1.82) is 0 Å². The highest BCUT2D eigenvalue weighted by Gasteiger charge is 2.51. The normalized spacial score (nSPS) is 26.3. The van der Waals surface area contributed by atoms with E-state index < -0.39 is 26.2 Å². The first kappa shape index (κ1) is 15.9. The summed E-state index contributed by atoms with van der Waals surface area (Å²) in [5, 5.41) is 0. The molecule has 0 aromatic rings. The zero-order valence-corrected chi connectivity index (χ0v) is 13.8. The van der Waals surface area contributed by atoms with Gasteiger partial charge in [-0.1, -0.05) is 38.5 Å². The summed E-state index contributed by atoms with van der Waals surface area (Å²) in [6, 6.07) is 0. The molecule has 0 saturated heterocycles. The Hall–Kier alpha value is -1.59. The molecule has 0 bridgehead atoms. The molecule has 24 heavy (non-hydrogen) atoms. The predicted molar refractivity (Wildman–Crippen MR) is 86.6 cm³/mol. The summed E-state index contributed by atoms with van der Waals surface area (Å²) in [5.74, 6) is -1.11. The molecule has 0 aromatic carbocycles. The monoisotopic (exact) mass is 332 g/mol. The lowest BCUT2D eigenvalue weighted by molar-refractivity contribution is -0.145. The Balaban J connectivity index is 1.49. The fourth-order valence-corrected chi connectivity index (χ4v) is 4.18. The lowest BCUT2D eigenvalue weighted by Gasteiger charge is -2.35. The van der Waals surface area contributed by atoms with Gasteiger partial charge in [0.25, 0.3) is 0 Å². The van der Waals surface area contributed by atoms with Crippen LogP contribution in [-0.2, 0) is 28.2 Å². The number of carbonyl (C=O) groups is 2. The zero-order chi connectivity index (χ0) is 16.5. The van der Waals surface area contributed by atoms with Gasteiger partial charge in [-0.3, -0.25) is 0 Å². The maximum atomic E-state index is 12.4. The molecule has 2 heterocycles. The Morgan fingerprint density at radius 3 is 1.33 bits per heavy atom. The van der Waals surface area contributed by atoms with Crippen LogP contribution in [0.15, 0.2) is 11.5 Å². The molecule has 0 unspecified atom stereocenters. The molecule has 2 fully saturated rings. The van der Waals surface area contributed by atoms with Crippen LogP contribution in [-0.4, -0.2) is 26.2 Å². The van der Waals surface area contributed by atoms with Gasteiger partial charge in [0.15, 0.2) is 0 Å². The smallest absolute Gasteiger partial charge is 0.518 e. The van der Waals surface area contributed by atoms with Gasteiger partial charge in [-0.2, -0.15) is 0 Å². The average molecular weight is 332 g/mol. The lowest BCUT2D eigenvalue weighted by Crippen LogP contribution is -2.46. The summed E-state index contributed by atoms with van der Waals surface area (Å²) in [6.07, 6.45) is 10.6. The first-order valence-electron chi connectivity index (χ1n) is 9.22. The van der Waals surface area contributed by atoms with Crippen LogP contribution in [0, 0.1) is 0 Å². The molecule has 4 aliphatic rings. The average Bonchev–Trinajstić information content (AvgIpc) is 2.63. The molecule has 0 spiro atoms. The third kappa shape index (κ3) is 3.03. The van der Waals surface area contributed by atoms with E-state index in [2.05, 4.69) is 0 Å². The SMILES string of the molecule is O=C1OB(C2CCCCC2)OC2=C1OB(C1CCCCC1)OC2=O. The lowest BCUT2D eigenvalue weighted by atomic mass is 9.63. The number of carbonyl (C=O) groups excluding carboxylic acids is 2. The van der Waals surface area contributed by atoms with Gasteiger partial charge in [0, 0.05) is 11.6 Å². The molecule has 6 nitrogen and oxygen atoms in total. The van der Waals surface area contributed by atoms with Crippen molar-refractivity contribution in [3.8, 4) is 0 Å². The van der Waals surface area contributed by atoms with Crippen molar-refractivity contribution in [2.45, 2.75) is 75.8 Å². The van der Waals surface area contributed by atoms with Gasteiger partial charge >= 0.3 is 26.2 Å². The second-order valence-corrected chi connectivity index (χ2v) is 7.24. The van der Waals surface area contributed by atoms with E-state index in [0.717, 1.165) is 51.4 Å². The first-order chi connectivity index (χ1) is 11.7. The van der Waals surface area contributed by atoms with E-state index in [4.69, 9.17) is 18.6 Å². The molecular formula is C16H22B2O6. The van der Waals surface area contributed by atoms with Crippen LogP contribution in [0.5, 0.6) is 0 Å². The van der Waals surface area contributed by atoms with E-state index in [-0.39, 0.29) is 23.2 Å². The van der Waals surface area contributed by atoms with Gasteiger partial charge in [0.05, 0.1) is 0 Å². The fraction of sp³-hybridized carbons (Fsp3) is 0.750. The van der Waals surface area contributed by atoms with Gasteiger partial charge in [-0.05, 0) is 25.7 Å². The topological polar surface area (TPSA) is 71.1 Å². The van der Waals surface area contributed by atoms with Crippen molar-refractivity contribution in [3.63, 3.8) is 0 Å². The zero-order valence-electron chi connectivity index (χ0n) is 13.8. The molecule has 0 amide bonds. The van der Waals surface area contributed by atoms with Crippen molar-refractivity contribution in [1.82, 2.24) is 0 Å². The maximum Gasteiger partial charge on any atom is 0.600 e. The van der Waals surface area contributed by atoms with Gasteiger partial charge in [0.2, 0.25) is 11.5 Å². The molecule has 2 aliphatic heterocycles. The van der Waals surface area contributed by atoms with Crippen molar-refractivity contribution >= 4 is 26.2 Å². The Morgan fingerprint density at radius 1 is 0.583 bits per heavy atom. The second kappa shape index (κ2) is 6.73. The molecule has 2 saturated carbocycles. The van der Waals surface area contributed by atoms with Gasteiger partial charge in [-0.25, -0.2) is 9.59 Å². The van der Waals surface area contributed by atoms with Crippen molar-refractivity contribution in [3.05, 3.63) is 11.5 Å². The quantitative estimate of drug-likeness (QED) is 0.724. The molecule has 2 aliphatic carbocycles. The molecule has 0 aromatic heterocycles. The summed E-state index contributed by atoms with van der Waals surface area (Å²) < 4.78 is 22.2. The van der Waals surface area contributed by atoms with Crippen LogP contribution < -0.4 is 0 Å². The summed E-state index contributed by atoms with van der Waals surface area (Å²) in [6.45, 7) is 0. The standard InChI is InChI=1S/C16H22B2O6/c19-15-14-13(21-17(23-15)11-7-3-1-4-8-11)16(20)24-18(22-14)12-9-5-2-6-10-12/h11-12H,1-10H2. The molecular weight excluding hydrogens is 310 g/mol. The Labute approximate surface area is 142 Å². The minimum Gasteiger partial charge on any atom is -0.518 e. The van der Waals surface area contributed by atoms with Gasteiger partial charge in [0.1, 0.15) is 0 Å². The maximum absolute atomic E-state index is 12.4. The van der Waals surface area contributed by atoms with E-state index in [0.29, 0.717) is 0 Å². The molecule has 8 heteroatoms. The Kier molecular flexibility index (Phi) is 4.46. The molecule has 128 valence electrons. The minimum absolute atomic E-state index is 0.103. The van der Waals surface area contributed by atoms with Crippen molar-refractivity contribution < 1.29 is 28.2 Å². The van der Waals surface area contributed by atoms with Crippen LogP contribution in [0.1, 0.15) is 64.2 Å². The van der Waals surface area contributed by atoms with E-state index in [1.807, 2.05) is 0 Å². The summed E-state index contributed by atoms with van der Waals surface area (Å²) in [5.41, 5.74) is 0. The van der Waals surface area contributed by atoms with Crippen LogP contribution in [0.3, 0.4) is 0 Å². The van der Waals surface area contributed by atoms with Gasteiger partial charge in [-0.15, -0.1) is 0 Å². The number of hydrogen-bond acceptors (Lipinski definition) is 6. The number of hydrogen-bond donors (Lipinski definition) is 0. The largest absolute Gasteiger partial charge is 0.600 e. The minimum atomic E-state index is -0.695. The van der Waals surface area contributed by atoms with E-state index in [1.165, 1.54) is 12.8 Å². The third-order valence-electron chi connectivity index (χ3n) is 5.56. The van der Waals surface area contributed by atoms with Gasteiger partial charge < -0.3 is 18.6 Å². The fourth-order valence-electron chi connectivity index (χ4n) is 4.18. The highest BCUT2D eigenvalue weighted by atomic mass is 16.7. The molecule has 0 atom stereocenters. The van der Waals surface area contributed by atoms with Crippen molar-refractivity contribution in [2.24, 2.45) is 0 Å². The van der Waals surface area contributed by atoms with Crippen LogP contribution in [0.4, 0.5) is 0 Å². The summed E-state index contributed by atoms with van der Waals surface area (Å²) >= 11 is 0. The van der Waals surface area contributed by atoms with E-state index in [1.54, 1.807) is 0 Å². The second-order valence-electron chi connectivity index (χ2n) is 7.24. The highest BCUT2D eigenvalue weighted by molar-refractivity contribution is 6.54. The predicted octanol–water partition coefficient (Wildman–Crippen LogP) is 2.99. The number of rotatable bonds is 2. The van der Waals surface area contributed by atoms with Crippen LogP contribution in [0.25, 0.3) is 0 Å². The van der Waals surface area contributed by atoms with Crippen LogP contribution in [0.2, 0.25) is 11.6 Å². The third-order valence-corrected chi connectivity index (χ3v) is 5.56. The van der Waals surface area contributed by atoms with Crippen LogP contribution >= 0.6 is 0 Å². The summed E-state index contributed by atoms with van der Waals surface area (Å²) in [7, 11) is -1.39. The van der Waals surface area contributed by atoms with Crippen molar-refractivity contribution in [2.75, 3.05) is 0 Å². The first-order valence-corrected chi connectivity index (χ1v) is 9.22. The molecule has 0 radical (unpaired) electrons. The van der Waals surface area contributed by atoms with E-state index in [9.17, 15) is 9.59 Å². The van der Waals surface area contributed by atoms with E-state index >= 15 is 0 Å². The Morgan fingerprint density at radius 2 is 0.958 bits per heavy atom. The summed E-state index contributed by atoms with van der Waals surface area (Å²) in [4.78, 5) is 24.7. The Bertz CT molecular complexity index is 503. The molecule has 4 rings (SSSR count).